The summed E-state index contributed by atoms with van der Waals surface area (Å²) < 4.78 is 32.2. The minimum absolute atomic E-state index is 0.160. The summed E-state index contributed by atoms with van der Waals surface area (Å²) in [6.45, 7) is -0.501. The third-order valence-corrected chi connectivity index (χ3v) is 3.81. The minimum Gasteiger partial charge on any atom is -0.394 e. The SMILES string of the molecule is Nc1nc(=O)n([C@H]2C[C@H](O)[C@@H](CO)O2)c(F)c1F.c1ncc2[nH]cnc2n1. The molecule has 4 rings (SSSR count). The van der Waals surface area contributed by atoms with Crippen molar-refractivity contribution in [2.24, 2.45) is 0 Å². The van der Waals surface area contributed by atoms with Crippen LogP contribution in [0.15, 0.2) is 23.6 Å². The molecule has 3 aromatic heterocycles. The molecule has 5 N–H and O–H groups in total. The fourth-order valence-corrected chi connectivity index (χ4v) is 2.48. The van der Waals surface area contributed by atoms with Gasteiger partial charge in [-0.15, -0.1) is 0 Å². The zero-order chi connectivity index (χ0) is 19.6. The Balaban J connectivity index is 0.000000193. The van der Waals surface area contributed by atoms with E-state index in [-0.39, 0.29) is 6.42 Å². The summed E-state index contributed by atoms with van der Waals surface area (Å²) in [7, 11) is 0. The van der Waals surface area contributed by atoms with Crippen molar-refractivity contribution < 1.29 is 23.7 Å². The lowest BCUT2D eigenvalue weighted by atomic mass is 10.2. The summed E-state index contributed by atoms with van der Waals surface area (Å²) in [6.07, 6.45) is 1.34. The maximum absolute atomic E-state index is 13.6. The van der Waals surface area contributed by atoms with Crippen LogP contribution in [0.3, 0.4) is 0 Å². The smallest absolute Gasteiger partial charge is 0.354 e. The molecule has 1 fully saturated rings. The van der Waals surface area contributed by atoms with Gasteiger partial charge in [-0.3, -0.25) is 0 Å². The fraction of sp³-hybridized carbons (Fsp3) is 0.357. The molecule has 3 atom stereocenters. The normalized spacial score (nSPS) is 21.9. The number of ether oxygens (including phenoxy) is 1. The zero-order valence-electron chi connectivity index (χ0n) is 13.7. The number of aromatic amines is 1. The number of rotatable bonds is 2. The summed E-state index contributed by atoms with van der Waals surface area (Å²) in [5.41, 5.74) is 5.46. The van der Waals surface area contributed by atoms with Crippen molar-refractivity contribution in [2.75, 3.05) is 12.3 Å². The lowest BCUT2D eigenvalue weighted by Crippen LogP contribution is -2.32. The Morgan fingerprint density at radius 2 is 2.19 bits per heavy atom. The Labute approximate surface area is 149 Å². The second-order valence-electron chi connectivity index (χ2n) is 5.53. The second kappa shape index (κ2) is 7.69. The van der Waals surface area contributed by atoms with Crippen molar-refractivity contribution in [3.05, 3.63) is 41.1 Å². The van der Waals surface area contributed by atoms with Crippen LogP contribution in [-0.2, 0) is 4.74 Å². The van der Waals surface area contributed by atoms with E-state index in [1.165, 1.54) is 6.33 Å². The van der Waals surface area contributed by atoms with Gasteiger partial charge in [0, 0.05) is 6.42 Å². The number of fused-ring (bicyclic) bond motifs is 1. The fourth-order valence-electron chi connectivity index (χ4n) is 2.48. The van der Waals surface area contributed by atoms with Gasteiger partial charge in [0.15, 0.2) is 11.5 Å². The van der Waals surface area contributed by atoms with Crippen LogP contribution in [0.2, 0.25) is 0 Å². The quantitative estimate of drug-likeness (QED) is 0.410. The molecule has 11 nitrogen and oxygen atoms in total. The first kappa shape index (κ1) is 18.8. The molecule has 0 amide bonds. The van der Waals surface area contributed by atoms with E-state index in [0.717, 1.165) is 5.52 Å². The van der Waals surface area contributed by atoms with Crippen molar-refractivity contribution in [2.45, 2.75) is 24.9 Å². The number of nitrogens with one attached hydrogen (secondary N) is 1. The first-order chi connectivity index (χ1) is 12.9. The molecule has 1 aliphatic heterocycles. The van der Waals surface area contributed by atoms with Gasteiger partial charge in [0.25, 0.3) is 0 Å². The number of imidazole rings is 1. The third kappa shape index (κ3) is 3.74. The van der Waals surface area contributed by atoms with Gasteiger partial charge in [-0.25, -0.2) is 24.3 Å². The van der Waals surface area contributed by atoms with Crippen molar-refractivity contribution in [3.8, 4) is 0 Å². The average molecular weight is 383 g/mol. The molecular weight excluding hydrogens is 368 g/mol. The van der Waals surface area contributed by atoms with Crippen molar-refractivity contribution >= 4 is 17.0 Å². The molecule has 3 aromatic rings. The molecule has 0 radical (unpaired) electrons. The van der Waals surface area contributed by atoms with E-state index < -0.39 is 48.3 Å². The van der Waals surface area contributed by atoms with Crippen LogP contribution in [0.1, 0.15) is 12.6 Å². The highest BCUT2D eigenvalue weighted by Crippen LogP contribution is 2.28. The van der Waals surface area contributed by atoms with Crippen molar-refractivity contribution in [1.82, 2.24) is 29.5 Å². The first-order valence-corrected chi connectivity index (χ1v) is 7.68. The zero-order valence-corrected chi connectivity index (χ0v) is 13.7. The van der Waals surface area contributed by atoms with E-state index in [1.807, 2.05) is 0 Å². The number of hydrogen-bond donors (Lipinski definition) is 4. The van der Waals surface area contributed by atoms with E-state index in [0.29, 0.717) is 10.2 Å². The molecule has 13 heteroatoms. The molecule has 0 saturated carbocycles. The summed E-state index contributed by atoms with van der Waals surface area (Å²) in [5.74, 6) is -3.81. The average Bonchev–Trinajstić information content (AvgIpc) is 3.26. The Morgan fingerprint density at radius 1 is 1.41 bits per heavy atom. The third-order valence-electron chi connectivity index (χ3n) is 3.81. The van der Waals surface area contributed by atoms with Gasteiger partial charge in [0.1, 0.15) is 24.2 Å². The summed E-state index contributed by atoms with van der Waals surface area (Å²) >= 11 is 0. The number of aliphatic hydroxyl groups is 2. The summed E-state index contributed by atoms with van der Waals surface area (Å²) in [4.78, 5) is 29.0. The number of nitrogens with zero attached hydrogens (tertiary/aromatic N) is 5. The topological polar surface area (TPSA) is 165 Å². The summed E-state index contributed by atoms with van der Waals surface area (Å²) in [5, 5.41) is 18.3. The van der Waals surface area contributed by atoms with Crippen LogP contribution in [0.4, 0.5) is 14.6 Å². The molecule has 1 aliphatic rings. The van der Waals surface area contributed by atoms with Crippen LogP contribution in [-0.4, -0.2) is 58.5 Å². The minimum atomic E-state index is -1.51. The largest absolute Gasteiger partial charge is 0.394 e. The molecule has 27 heavy (non-hydrogen) atoms. The molecule has 0 aromatic carbocycles. The summed E-state index contributed by atoms with van der Waals surface area (Å²) in [6, 6.07) is 0. The Morgan fingerprint density at radius 3 is 2.85 bits per heavy atom. The highest BCUT2D eigenvalue weighted by molar-refractivity contribution is 5.67. The number of nitrogens with two attached hydrogens (primary N) is 1. The van der Waals surface area contributed by atoms with Gasteiger partial charge in [-0.2, -0.15) is 13.8 Å². The van der Waals surface area contributed by atoms with Gasteiger partial charge < -0.3 is 25.7 Å². The van der Waals surface area contributed by atoms with Gasteiger partial charge in [0.05, 0.1) is 25.2 Å². The number of halogens is 2. The number of anilines is 1. The van der Waals surface area contributed by atoms with Gasteiger partial charge >= 0.3 is 5.69 Å². The Kier molecular flexibility index (Phi) is 5.34. The molecular formula is C14H15F2N7O4. The number of aliphatic hydroxyl groups excluding tert-OH is 2. The van der Waals surface area contributed by atoms with E-state index in [4.69, 9.17) is 15.6 Å². The van der Waals surface area contributed by atoms with Crippen LogP contribution in [0.5, 0.6) is 0 Å². The molecule has 144 valence electrons. The van der Waals surface area contributed by atoms with Gasteiger partial charge in [-0.05, 0) is 0 Å². The van der Waals surface area contributed by atoms with Crippen LogP contribution in [0, 0.1) is 11.8 Å². The number of H-pyrrole nitrogens is 1. The van der Waals surface area contributed by atoms with Crippen LogP contribution >= 0.6 is 0 Å². The van der Waals surface area contributed by atoms with E-state index in [2.05, 4.69) is 24.9 Å². The lowest BCUT2D eigenvalue weighted by molar-refractivity contribution is -0.0499. The Hall–Kier alpha value is -3.03. The van der Waals surface area contributed by atoms with Crippen LogP contribution < -0.4 is 11.4 Å². The maximum Gasteiger partial charge on any atom is 0.354 e. The molecule has 0 spiro atoms. The molecule has 0 unspecified atom stereocenters. The highest BCUT2D eigenvalue weighted by atomic mass is 19.2. The highest BCUT2D eigenvalue weighted by Gasteiger charge is 2.37. The van der Waals surface area contributed by atoms with Crippen molar-refractivity contribution in [1.29, 1.82) is 0 Å². The number of hydrogen-bond acceptors (Lipinski definition) is 9. The predicted molar refractivity (Wildman–Crippen MR) is 86.1 cm³/mol. The number of aromatic nitrogens is 6. The molecule has 4 heterocycles. The standard InChI is InChI=1S/C9H11F2N3O4.C5H4N4/c10-6-7(11)14(9(17)13-8(6)12)5-1-3(16)4(2-15)18-5;1-4-5(8-2-6-1)9-3-7-4/h3-5,15-16H,1-2H2,(H2,12,13,17);1-3H,(H,6,7,8,9)/t3-,4+,5+;/m0./s1. The maximum atomic E-state index is 13.6. The number of nitrogen functional groups attached to an aromatic ring is 1. The van der Waals surface area contributed by atoms with Gasteiger partial charge in [0.2, 0.25) is 11.8 Å². The first-order valence-electron chi connectivity index (χ1n) is 7.68. The molecule has 0 aliphatic carbocycles. The van der Waals surface area contributed by atoms with Crippen LogP contribution in [0.25, 0.3) is 11.2 Å². The van der Waals surface area contributed by atoms with Crippen molar-refractivity contribution in [3.63, 3.8) is 0 Å². The Bertz CT molecular complexity index is 965. The van der Waals surface area contributed by atoms with Gasteiger partial charge in [-0.1, -0.05) is 0 Å². The van der Waals surface area contributed by atoms with E-state index in [1.54, 1.807) is 12.5 Å². The lowest BCUT2D eigenvalue weighted by Gasteiger charge is -2.15. The van der Waals surface area contributed by atoms with E-state index in [9.17, 15) is 18.7 Å². The molecule has 0 bridgehead atoms. The predicted octanol–water partition coefficient (Wildman–Crippen LogP) is -0.903. The molecule has 1 saturated heterocycles. The monoisotopic (exact) mass is 383 g/mol. The van der Waals surface area contributed by atoms with E-state index >= 15 is 0 Å². The second-order valence-corrected chi connectivity index (χ2v) is 5.53.